The van der Waals surface area contributed by atoms with Gasteiger partial charge in [-0.15, -0.1) is 23.1 Å². The van der Waals surface area contributed by atoms with Crippen molar-refractivity contribution in [1.82, 2.24) is 10.3 Å². The lowest BCUT2D eigenvalue weighted by Crippen LogP contribution is -2.26. The molecule has 0 bridgehead atoms. The van der Waals surface area contributed by atoms with Crippen molar-refractivity contribution in [2.75, 3.05) is 18.9 Å². The minimum absolute atomic E-state index is 0. The molecule has 0 radical (unpaired) electrons. The van der Waals surface area contributed by atoms with Gasteiger partial charge in [0.05, 0.1) is 16.9 Å². The summed E-state index contributed by atoms with van der Waals surface area (Å²) in [6, 6.07) is 18.3. The van der Waals surface area contributed by atoms with E-state index in [9.17, 15) is 4.79 Å². The number of anilines is 1. The molecule has 2 aromatic carbocycles. The van der Waals surface area contributed by atoms with Crippen LogP contribution >= 0.6 is 23.1 Å². The first-order valence-corrected chi connectivity index (χ1v) is 12.0. The summed E-state index contributed by atoms with van der Waals surface area (Å²) in [6.45, 7) is 0.384. The number of carbonyl (C=O) groups is 1. The number of hydrogen-bond donors (Lipinski definition) is 3. The number of nitrogens with zero attached hydrogens (tertiary/aromatic N) is 1. The van der Waals surface area contributed by atoms with E-state index in [4.69, 9.17) is 15.6 Å². The number of fused-ring (bicyclic) bond motifs is 1. The Morgan fingerprint density at radius 1 is 1.18 bits per heavy atom. The first-order chi connectivity index (χ1) is 15.7. The number of nitrogen functional groups attached to an aromatic ring is 1. The Kier molecular flexibility index (Phi) is 8.71. The SMILES string of the molecule is C.Nc1ncc(C(=O)NCCO)c2scc(COc3cccc(SCc4ccccc4)c3)c12. The second-order valence-corrected chi connectivity index (χ2v) is 8.97. The number of aliphatic hydroxyl groups is 1. The maximum atomic E-state index is 12.4. The zero-order chi connectivity index (χ0) is 22.3. The normalized spacial score (nSPS) is 10.6. The number of rotatable bonds is 9. The Balaban J connectivity index is 0.00000306. The summed E-state index contributed by atoms with van der Waals surface area (Å²) < 4.78 is 6.81. The van der Waals surface area contributed by atoms with Crippen LogP contribution in [0.15, 0.2) is 71.1 Å². The van der Waals surface area contributed by atoms with Crippen molar-refractivity contribution in [3.63, 3.8) is 0 Å². The average molecular weight is 482 g/mol. The number of nitrogens with two attached hydrogens (primary N) is 1. The topological polar surface area (TPSA) is 97.5 Å². The van der Waals surface area contributed by atoms with E-state index >= 15 is 0 Å². The van der Waals surface area contributed by atoms with Gasteiger partial charge in [-0.25, -0.2) is 4.98 Å². The highest BCUT2D eigenvalue weighted by Crippen LogP contribution is 2.33. The van der Waals surface area contributed by atoms with Crippen LogP contribution in [0.4, 0.5) is 5.82 Å². The molecule has 0 aliphatic carbocycles. The Bertz CT molecular complexity index is 1210. The Morgan fingerprint density at radius 3 is 2.79 bits per heavy atom. The molecule has 4 aromatic rings. The van der Waals surface area contributed by atoms with Crippen molar-refractivity contribution in [3.8, 4) is 5.75 Å². The molecule has 2 aromatic heterocycles. The highest BCUT2D eigenvalue weighted by molar-refractivity contribution is 7.98. The van der Waals surface area contributed by atoms with Crippen LogP contribution in [0.25, 0.3) is 10.1 Å². The van der Waals surface area contributed by atoms with Gasteiger partial charge >= 0.3 is 0 Å². The van der Waals surface area contributed by atoms with Crippen molar-refractivity contribution in [2.45, 2.75) is 24.7 Å². The van der Waals surface area contributed by atoms with E-state index in [0.717, 1.165) is 32.0 Å². The molecule has 0 saturated carbocycles. The minimum Gasteiger partial charge on any atom is -0.489 e. The van der Waals surface area contributed by atoms with Gasteiger partial charge < -0.3 is 20.9 Å². The zero-order valence-corrected chi connectivity index (χ0v) is 18.9. The molecule has 0 spiro atoms. The van der Waals surface area contributed by atoms with Crippen molar-refractivity contribution >= 4 is 44.9 Å². The highest BCUT2D eigenvalue weighted by atomic mass is 32.2. The third kappa shape index (κ3) is 6.04. The quantitative estimate of drug-likeness (QED) is 0.288. The number of thioether (sulfide) groups is 1. The summed E-state index contributed by atoms with van der Waals surface area (Å²) in [6.07, 6.45) is 1.47. The van der Waals surface area contributed by atoms with Crippen LogP contribution in [0.3, 0.4) is 0 Å². The van der Waals surface area contributed by atoms with Gasteiger partial charge in [0.1, 0.15) is 18.2 Å². The number of nitrogens with one attached hydrogen (secondary N) is 1. The molecule has 0 unspecified atom stereocenters. The third-order valence-corrected chi connectivity index (χ3v) is 6.92. The van der Waals surface area contributed by atoms with E-state index in [1.54, 1.807) is 11.8 Å². The molecule has 0 aliphatic rings. The molecule has 2 heterocycles. The number of carbonyl (C=O) groups excluding carboxylic acids is 1. The van der Waals surface area contributed by atoms with Gasteiger partial charge in [0, 0.05) is 34.3 Å². The predicted octanol–water partition coefficient (Wildman–Crippen LogP) is 5.11. The molecule has 0 saturated heterocycles. The summed E-state index contributed by atoms with van der Waals surface area (Å²) in [4.78, 5) is 17.7. The third-order valence-electron chi connectivity index (χ3n) is 4.79. The highest BCUT2D eigenvalue weighted by Gasteiger charge is 2.17. The summed E-state index contributed by atoms with van der Waals surface area (Å²) in [5, 5.41) is 14.3. The first kappa shape index (κ1) is 24.6. The molecule has 172 valence electrons. The zero-order valence-electron chi connectivity index (χ0n) is 17.3. The maximum absolute atomic E-state index is 12.4. The summed E-state index contributed by atoms with van der Waals surface area (Å²) in [7, 11) is 0. The number of benzene rings is 2. The lowest BCUT2D eigenvalue weighted by Gasteiger charge is -2.09. The second kappa shape index (κ2) is 11.7. The van der Waals surface area contributed by atoms with Crippen molar-refractivity contribution in [2.24, 2.45) is 0 Å². The lowest BCUT2D eigenvalue weighted by molar-refractivity contribution is 0.0946. The van der Waals surface area contributed by atoms with Crippen molar-refractivity contribution < 1.29 is 14.6 Å². The maximum Gasteiger partial charge on any atom is 0.254 e. The standard InChI is InChI=1S/C24H23N3O3S2.CH4/c25-23-21-17(15-32-22(21)20(12-27-23)24(29)26-9-10-28)13-30-18-7-4-8-19(11-18)31-14-16-5-2-1-3-6-16;/h1-8,11-12,15,28H,9-10,13-14H2,(H2,25,27)(H,26,29);1H4. The number of pyridine rings is 1. The van der Waals surface area contributed by atoms with Crippen LogP contribution in [0.5, 0.6) is 5.75 Å². The fourth-order valence-electron chi connectivity index (χ4n) is 3.22. The van der Waals surface area contributed by atoms with E-state index in [-0.39, 0.29) is 26.5 Å². The molecular formula is C25H27N3O3S2. The van der Waals surface area contributed by atoms with Crippen LogP contribution in [0.1, 0.15) is 28.9 Å². The van der Waals surface area contributed by atoms with Gasteiger partial charge in [0.15, 0.2) is 0 Å². The molecule has 33 heavy (non-hydrogen) atoms. The molecule has 0 aliphatic heterocycles. The summed E-state index contributed by atoms with van der Waals surface area (Å²) in [5.74, 6) is 1.74. The van der Waals surface area contributed by atoms with E-state index < -0.39 is 0 Å². The van der Waals surface area contributed by atoms with Crippen molar-refractivity contribution in [1.29, 1.82) is 0 Å². The Hall–Kier alpha value is -3.07. The fraction of sp³-hybridized carbons (Fsp3) is 0.200. The first-order valence-electron chi connectivity index (χ1n) is 10.1. The molecule has 1 amide bonds. The van der Waals surface area contributed by atoms with Gasteiger partial charge in [0.2, 0.25) is 0 Å². The van der Waals surface area contributed by atoms with E-state index in [2.05, 4.69) is 28.5 Å². The number of thiophene rings is 1. The average Bonchev–Trinajstić information content (AvgIpc) is 3.26. The van der Waals surface area contributed by atoms with Gasteiger partial charge in [-0.05, 0) is 29.1 Å². The molecule has 4 rings (SSSR count). The number of aromatic nitrogens is 1. The molecule has 6 nitrogen and oxygen atoms in total. The van der Waals surface area contributed by atoms with E-state index in [1.165, 1.54) is 23.1 Å². The fourth-order valence-corrected chi connectivity index (χ4v) is 5.19. The van der Waals surface area contributed by atoms with Gasteiger partial charge in [-0.1, -0.05) is 43.8 Å². The Labute approximate surface area is 201 Å². The van der Waals surface area contributed by atoms with Crippen LogP contribution in [-0.2, 0) is 12.4 Å². The van der Waals surface area contributed by atoms with E-state index in [0.29, 0.717) is 18.0 Å². The molecule has 4 N–H and O–H groups in total. The number of ether oxygens (including phenoxy) is 1. The van der Waals surface area contributed by atoms with Crippen molar-refractivity contribution in [3.05, 3.63) is 82.9 Å². The van der Waals surface area contributed by atoms with Gasteiger partial charge in [-0.3, -0.25) is 4.79 Å². The van der Waals surface area contributed by atoms with Crippen LogP contribution < -0.4 is 15.8 Å². The van der Waals surface area contributed by atoms with E-state index in [1.807, 2.05) is 41.8 Å². The number of amides is 1. The molecule has 8 heteroatoms. The predicted molar refractivity (Wildman–Crippen MR) is 137 cm³/mol. The number of aliphatic hydroxyl groups excluding tert-OH is 1. The summed E-state index contributed by atoms with van der Waals surface area (Å²) in [5.41, 5.74) is 8.72. The second-order valence-electron chi connectivity index (χ2n) is 7.04. The van der Waals surface area contributed by atoms with Gasteiger partial charge in [0.25, 0.3) is 5.91 Å². The molecular weight excluding hydrogens is 454 g/mol. The minimum atomic E-state index is -0.283. The molecule has 0 fully saturated rings. The molecule has 0 atom stereocenters. The van der Waals surface area contributed by atoms with Crippen LogP contribution in [0.2, 0.25) is 0 Å². The lowest BCUT2D eigenvalue weighted by atomic mass is 10.1. The van der Waals surface area contributed by atoms with Gasteiger partial charge in [-0.2, -0.15) is 0 Å². The number of hydrogen-bond acceptors (Lipinski definition) is 7. The Morgan fingerprint density at radius 2 is 2.00 bits per heavy atom. The monoisotopic (exact) mass is 481 g/mol. The van der Waals surface area contributed by atoms with Crippen LogP contribution in [0, 0.1) is 0 Å². The smallest absolute Gasteiger partial charge is 0.254 e. The summed E-state index contributed by atoms with van der Waals surface area (Å²) >= 11 is 3.19. The van der Waals surface area contributed by atoms with Crippen LogP contribution in [-0.4, -0.2) is 29.1 Å². The largest absolute Gasteiger partial charge is 0.489 e.